The summed E-state index contributed by atoms with van der Waals surface area (Å²) in [5.74, 6) is 0.423. The summed E-state index contributed by atoms with van der Waals surface area (Å²) in [4.78, 5) is 11.8. The molecule has 1 aliphatic rings. The van der Waals surface area contributed by atoms with Crippen LogP contribution < -0.4 is 10.6 Å². The van der Waals surface area contributed by atoms with Crippen LogP contribution in [-0.2, 0) is 11.8 Å². The van der Waals surface area contributed by atoms with Crippen molar-refractivity contribution in [2.24, 2.45) is 13.0 Å². The van der Waals surface area contributed by atoms with Gasteiger partial charge in [-0.05, 0) is 46.5 Å². The Kier molecular flexibility index (Phi) is 4.98. The van der Waals surface area contributed by atoms with Crippen molar-refractivity contribution in [1.29, 1.82) is 0 Å². The highest BCUT2D eigenvalue weighted by molar-refractivity contribution is 5.67. The lowest BCUT2D eigenvalue weighted by Crippen LogP contribution is -2.38. The van der Waals surface area contributed by atoms with Gasteiger partial charge < -0.3 is 15.4 Å². The molecule has 2 rings (SSSR count). The van der Waals surface area contributed by atoms with Gasteiger partial charge in [0, 0.05) is 25.8 Å². The number of carbonyl (C=O) groups excluding carboxylic acids is 1. The van der Waals surface area contributed by atoms with Crippen LogP contribution in [0.1, 0.15) is 45.7 Å². The molecule has 22 heavy (non-hydrogen) atoms. The highest BCUT2D eigenvalue weighted by Crippen LogP contribution is 2.29. The summed E-state index contributed by atoms with van der Waals surface area (Å²) in [6.07, 6.45) is 5.08. The fraction of sp³-hybridized carbons (Fsp3) is 0.750. The van der Waals surface area contributed by atoms with E-state index in [9.17, 15) is 4.79 Å². The Bertz CT molecular complexity index is 519. The second-order valence-corrected chi connectivity index (χ2v) is 7.13. The summed E-state index contributed by atoms with van der Waals surface area (Å²) in [5.41, 5.74) is 1.63. The molecule has 0 aromatic carbocycles. The van der Waals surface area contributed by atoms with Gasteiger partial charge >= 0.3 is 6.09 Å². The van der Waals surface area contributed by atoms with Crippen LogP contribution in [0.25, 0.3) is 0 Å². The Morgan fingerprint density at radius 3 is 2.77 bits per heavy atom. The van der Waals surface area contributed by atoms with Gasteiger partial charge in [-0.15, -0.1) is 0 Å². The average Bonchev–Trinajstić information content (AvgIpc) is 2.92. The third-order valence-corrected chi connectivity index (χ3v) is 3.92. The Labute approximate surface area is 132 Å². The molecule has 0 saturated heterocycles. The number of nitrogens with zero attached hydrogens (tertiary/aromatic N) is 2. The number of amides is 1. The molecule has 1 heterocycles. The van der Waals surface area contributed by atoms with E-state index in [1.165, 1.54) is 6.42 Å². The number of hydrogen-bond donors (Lipinski definition) is 2. The number of anilines is 1. The van der Waals surface area contributed by atoms with Crippen LogP contribution in [0.4, 0.5) is 10.5 Å². The number of aromatic nitrogens is 2. The topological polar surface area (TPSA) is 68.2 Å². The predicted molar refractivity (Wildman–Crippen MR) is 86.9 cm³/mol. The summed E-state index contributed by atoms with van der Waals surface area (Å²) < 4.78 is 7.11. The van der Waals surface area contributed by atoms with Crippen LogP contribution >= 0.6 is 0 Å². The lowest BCUT2D eigenvalue weighted by Gasteiger charge is -2.24. The molecule has 0 bridgehead atoms. The minimum atomic E-state index is -0.454. The molecule has 1 saturated carbocycles. The molecule has 2 unspecified atom stereocenters. The van der Waals surface area contributed by atoms with Gasteiger partial charge in [0.05, 0.1) is 11.4 Å². The average molecular weight is 308 g/mol. The molecular formula is C16H28N4O2. The van der Waals surface area contributed by atoms with Crippen molar-refractivity contribution in [3.63, 3.8) is 0 Å². The highest BCUT2D eigenvalue weighted by Gasteiger charge is 2.28. The molecule has 6 heteroatoms. The lowest BCUT2D eigenvalue weighted by molar-refractivity contribution is 0.0519. The van der Waals surface area contributed by atoms with E-state index in [1.54, 1.807) is 0 Å². The quantitative estimate of drug-likeness (QED) is 0.897. The molecule has 0 spiro atoms. The van der Waals surface area contributed by atoms with E-state index in [0.29, 0.717) is 18.5 Å². The summed E-state index contributed by atoms with van der Waals surface area (Å²) in [7, 11) is 1.92. The van der Waals surface area contributed by atoms with Crippen LogP contribution in [0.3, 0.4) is 0 Å². The Balaban J connectivity index is 1.86. The zero-order chi connectivity index (χ0) is 16.3. The first-order valence-electron chi connectivity index (χ1n) is 7.98. The number of rotatable bonds is 4. The minimum absolute atomic E-state index is 0.337. The second kappa shape index (κ2) is 6.58. The maximum Gasteiger partial charge on any atom is 0.407 e. The van der Waals surface area contributed by atoms with Gasteiger partial charge in [0.15, 0.2) is 0 Å². The van der Waals surface area contributed by atoms with Crippen molar-refractivity contribution in [2.75, 3.05) is 11.9 Å². The largest absolute Gasteiger partial charge is 0.444 e. The van der Waals surface area contributed by atoms with Crippen molar-refractivity contribution in [1.82, 2.24) is 15.1 Å². The first-order chi connectivity index (χ1) is 10.2. The van der Waals surface area contributed by atoms with E-state index in [1.807, 2.05) is 45.6 Å². The van der Waals surface area contributed by atoms with E-state index in [0.717, 1.165) is 24.2 Å². The number of aryl methyl sites for hydroxylation is 2. The lowest BCUT2D eigenvalue weighted by atomic mass is 10.0. The Morgan fingerprint density at radius 2 is 2.18 bits per heavy atom. The predicted octanol–water partition coefficient (Wildman–Crippen LogP) is 2.83. The summed E-state index contributed by atoms with van der Waals surface area (Å²) in [5, 5.41) is 10.8. The van der Waals surface area contributed by atoms with Crippen LogP contribution in [0.2, 0.25) is 0 Å². The van der Waals surface area contributed by atoms with Gasteiger partial charge in [-0.2, -0.15) is 5.10 Å². The molecule has 1 fully saturated rings. The Hall–Kier alpha value is -1.72. The molecule has 124 valence electrons. The molecule has 6 nitrogen and oxygen atoms in total. The third-order valence-electron chi connectivity index (χ3n) is 3.92. The first kappa shape index (κ1) is 16.6. The number of carbonyl (C=O) groups is 1. The molecule has 1 amide bonds. The molecule has 1 aromatic rings. The maximum atomic E-state index is 11.8. The van der Waals surface area contributed by atoms with Crippen molar-refractivity contribution < 1.29 is 9.53 Å². The van der Waals surface area contributed by atoms with Crippen LogP contribution in [0, 0.1) is 12.8 Å². The van der Waals surface area contributed by atoms with E-state index < -0.39 is 5.60 Å². The van der Waals surface area contributed by atoms with E-state index >= 15 is 0 Å². The molecule has 0 radical (unpaired) electrons. The summed E-state index contributed by atoms with van der Waals surface area (Å²) in [6, 6.07) is 0.373. The number of hydrogen-bond acceptors (Lipinski definition) is 4. The highest BCUT2D eigenvalue weighted by atomic mass is 16.6. The number of ether oxygens (including phenoxy) is 1. The fourth-order valence-corrected chi connectivity index (χ4v) is 2.94. The minimum Gasteiger partial charge on any atom is -0.444 e. The molecular weight excluding hydrogens is 280 g/mol. The first-order valence-corrected chi connectivity index (χ1v) is 7.98. The fourth-order valence-electron chi connectivity index (χ4n) is 2.94. The molecule has 2 N–H and O–H groups in total. The van der Waals surface area contributed by atoms with E-state index in [2.05, 4.69) is 15.7 Å². The molecule has 1 aromatic heterocycles. The normalized spacial score (nSPS) is 21.7. The Morgan fingerprint density at radius 1 is 1.45 bits per heavy atom. The zero-order valence-electron chi connectivity index (χ0n) is 14.3. The second-order valence-electron chi connectivity index (χ2n) is 7.13. The van der Waals surface area contributed by atoms with Gasteiger partial charge in [-0.3, -0.25) is 4.68 Å². The van der Waals surface area contributed by atoms with E-state index in [4.69, 9.17) is 4.74 Å². The molecule has 2 atom stereocenters. The van der Waals surface area contributed by atoms with Gasteiger partial charge in [0.1, 0.15) is 5.60 Å². The number of alkyl carbamates (subject to hydrolysis) is 1. The van der Waals surface area contributed by atoms with Crippen molar-refractivity contribution in [2.45, 2.75) is 58.6 Å². The standard InChI is InChI=1S/C16H28N4O2/c1-11-14(10-20(5)19-11)18-13-8-6-7-12(13)9-17-15(21)22-16(2,3)4/h10,12-13,18H,6-9H2,1-5H3,(H,17,21). The summed E-state index contributed by atoms with van der Waals surface area (Å²) in [6.45, 7) is 8.27. The van der Waals surface area contributed by atoms with Gasteiger partial charge in [-0.1, -0.05) is 6.42 Å². The zero-order valence-corrected chi connectivity index (χ0v) is 14.3. The van der Waals surface area contributed by atoms with Crippen LogP contribution in [0.15, 0.2) is 6.20 Å². The van der Waals surface area contributed by atoms with Gasteiger partial charge in [0.25, 0.3) is 0 Å². The van der Waals surface area contributed by atoms with Crippen molar-refractivity contribution >= 4 is 11.8 Å². The van der Waals surface area contributed by atoms with Crippen LogP contribution in [-0.4, -0.2) is 34.1 Å². The smallest absolute Gasteiger partial charge is 0.407 e. The maximum absolute atomic E-state index is 11.8. The van der Waals surface area contributed by atoms with Gasteiger partial charge in [0.2, 0.25) is 0 Å². The monoisotopic (exact) mass is 308 g/mol. The SMILES string of the molecule is Cc1nn(C)cc1NC1CCCC1CNC(=O)OC(C)(C)C. The molecule has 0 aliphatic heterocycles. The summed E-state index contributed by atoms with van der Waals surface area (Å²) >= 11 is 0. The van der Waals surface area contributed by atoms with Crippen molar-refractivity contribution in [3.05, 3.63) is 11.9 Å². The van der Waals surface area contributed by atoms with Crippen molar-refractivity contribution in [3.8, 4) is 0 Å². The van der Waals surface area contributed by atoms with Crippen LogP contribution in [0.5, 0.6) is 0 Å². The number of nitrogens with one attached hydrogen (secondary N) is 2. The van der Waals surface area contributed by atoms with E-state index in [-0.39, 0.29) is 6.09 Å². The third kappa shape index (κ3) is 4.64. The molecule has 1 aliphatic carbocycles. The van der Waals surface area contributed by atoms with Gasteiger partial charge in [-0.25, -0.2) is 4.79 Å².